The van der Waals surface area contributed by atoms with Gasteiger partial charge in [-0.3, -0.25) is 4.79 Å². The molecule has 7 nitrogen and oxygen atoms in total. The Morgan fingerprint density at radius 3 is 2.74 bits per heavy atom. The van der Waals surface area contributed by atoms with E-state index < -0.39 is 10.0 Å². The molecule has 1 aliphatic rings. The molecule has 2 rings (SSSR count). The highest BCUT2D eigenvalue weighted by molar-refractivity contribution is 7.89. The number of benzene rings is 1. The van der Waals surface area contributed by atoms with Gasteiger partial charge in [0, 0.05) is 20.0 Å². The van der Waals surface area contributed by atoms with Crippen LogP contribution in [0.15, 0.2) is 23.1 Å². The van der Waals surface area contributed by atoms with Crippen LogP contribution < -0.4 is 14.4 Å². The topological polar surface area (TPSA) is 78.9 Å². The smallest absolute Gasteiger partial charge is 0.240 e. The summed E-state index contributed by atoms with van der Waals surface area (Å²) >= 11 is 0. The van der Waals surface area contributed by atoms with Gasteiger partial charge in [-0.05, 0) is 39.2 Å². The number of rotatable bonds is 5. The van der Waals surface area contributed by atoms with Gasteiger partial charge in [0.15, 0.2) is 0 Å². The fourth-order valence-corrected chi connectivity index (χ4v) is 3.41. The van der Waals surface area contributed by atoms with Crippen molar-refractivity contribution < 1.29 is 17.9 Å². The summed E-state index contributed by atoms with van der Waals surface area (Å²) in [5, 5.41) is 0. The maximum atomic E-state index is 12.4. The first kappa shape index (κ1) is 17.7. The summed E-state index contributed by atoms with van der Waals surface area (Å²) in [5.41, 5.74) is 0.492. The van der Waals surface area contributed by atoms with Crippen molar-refractivity contribution in [2.24, 2.45) is 0 Å². The van der Waals surface area contributed by atoms with Gasteiger partial charge in [0.25, 0.3) is 0 Å². The van der Waals surface area contributed by atoms with E-state index >= 15 is 0 Å². The molecule has 0 bridgehead atoms. The Balaban J connectivity index is 2.29. The Bertz CT molecular complexity index is 688. The average molecular weight is 341 g/mol. The highest BCUT2D eigenvalue weighted by atomic mass is 32.2. The molecule has 0 aliphatic carbocycles. The van der Waals surface area contributed by atoms with Crippen LogP contribution >= 0.6 is 0 Å². The largest absolute Gasteiger partial charge is 0.487 e. The molecule has 1 unspecified atom stereocenters. The molecule has 0 saturated heterocycles. The highest BCUT2D eigenvalue weighted by Crippen LogP contribution is 2.35. The fourth-order valence-electron chi connectivity index (χ4n) is 2.37. The quantitative estimate of drug-likeness (QED) is 0.851. The van der Waals surface area contributed by atoms with Crippen LogP contribution in [0.5, 0.6) is 5.75 Å². The average Bonchev–Trinajstić information content (AvgIpc) is 2.44. The Labute approximate surface area is 137 Å². The zero-order valence-corrected chi connectivity index (χ0v) is 14.7. The molecule has 1 N–H and O–H groups in total. The Morgan fingerprint density at radius 2 is 2.13 bits per heavy atom. The summed E-state index contributed by atoms with van der Waals surface area (Å²) in [5.74, 6) is 0.378. The minimum Gasteiger partial charge on any atom is -0.487 e. The molecule has 0 fully saturated rings. The third-order valence-corrected chi connectivity index (χ3v) is 4.99. The van der Waals surface area contributed by atoms with E-state index in [4.69, 9.17) is 4.74 Å². The Kier molecular flexibility index (Phi) is 5.28. The van der Waals surface area contributed by atoms with E-state index in [-0.39, 0.29) is 16.9 Å². The van der Waals surface area contributed by atoms with E-state index in [0.717, 1.165) is 0 Å². The normalized spacial score (nSPS) is 17.8. The number of amides is 1. The number of carbonyl (C=O) groups excluding carboxylic acids is 1. The summed E-state index contributed by atoms with van der Waals surface area (Å²) in [7, 11) is 0.121. The fraction of sp³-hybridized carbons (Fsp3) is 0.533. The third-order valence-electron chi connectivity index (χ3n) is 3.53. The molecule has 0 spiro atoms. The summed E-state index contributed by atoms with van der Waals surface area (Å²) in [6, 6.07) is 4.58. The van der Waals surface area contributed by atoms with E-state index in [1.807, 2.05) is 25.9 Å². The summed E-state index contributed by atoms with van der Waals surface area (Å²) in [6.45, 7) is 4.64. The maximum absolute atomic E-state index is 12.4. The number of carbonyl (C=O) groups is 1. The van der Waals surface area contributed by atoms with Gasteiger partial charge in [-0.2, -0.15) is 0 Å². The number of nitrogens with zero attached hydrogens (tertiary/aromatic N) is 2. The van der Waals surface area contributed by atoms with Crippen LogP contribution in [0, 0.1) is 0 Å². The summed E-state index contributed by atoms with van der Waals surface area (Å²) < 4.78 is 33.0. The lowest BCUT2D eigenvalue weighted by Crippen LogP contribution is -2.41. The van der Waals surface area contributed by atoms with Gasteiger partial charge in [-0.25, -0.2) is 13.1 Å². The van der Waals surface area contributed by atoms with Crippen LogP contribution in [0.1, 0.15) is 13.8 Å². The summed E-state index contributed by atoms with van der Waals surface area (Å²) in [4.78, 5) is 15.4. The van der Waals surface area contributed by atoms with Crippen LogP contribution in [-0.4, -0.2) is 59.1 Å². The van der Waals surface area contributed by atoms with E-state index in [0.29, 0.717) is 31.1 Å². The number of sulfonamides is 1. The molecular weight excluding hydrogens is 318 g/mol. The number of likely N-dealkylation sites (N-methyl/N-ethyl adjacent to an activating group) is 1. The minimum absolute atomic E-state index is 0.124. The van der Waals surface area contributed by atoms with Crippen molar-refractivity contribution in [2.45, 2.75) is 24.8 Å². The number of hydrogen-bond acceptors (Lipinski definition) is 5. The van der Waals surface area contributed by atoms with Crippen molar-refractivity contribution in [2.75, 3.05) is 38.6 Å². The molecule has 128 valence electrons. The van der Waals surface area contributed by atoms with Gasteiger partial charge in [0.1, 0.15) is 11.9 Å². The number of fused-ring (bicyclic) bond motifs is 1. The van der Waals surface area contributed by atoms with Crippen LogP contribution in [0.3, 0.4) is 0 Å². The predicted molar refractivity (Wildman–Crippen MR) is 88.3 cm³/mol. The standard InChI is InChI=1S/C15H23N3O4S/c1-11-10-18(12(2)19)14-9-13(5-6-15(14)22-11)23(20,21)16-7-8-17(3)4/h5-6,9,11,16H,7-8,10H2,1-4H3. The molecule has 1 aliphatic heterocycles. The minimum atomic E-state index is -3.62. The number of ether oxygens (including phenoxy) is 1. The second-order valence-electron chi connectivity index (χ2n) is 5.89. The lowest BCUT2D eigenvalue weighted by atomic mass is 10.2. The van der Waals surface area contributed by atoms with E-state index in [1.54, 1.807) is 11.0 Å². The number of nitrogens with one attached hydrogen (secondary N) is 1. The highest BCUT2D eigenvalue weighted by Gasteiger charge is 2.27. The number of anilines is 1. The van der Waals surface area contributed by atoms with E-state index in [1.165, 1.54) is 19.1 Å². The lowest BCUT2D eigenvalue weighted by Gasteiger charge is -2.33. The van der Waals surface area contributed by atoms with Crippen molar-refractivity contribution in [3.05, 3.63) is 18.2 Å². The molecule has 23 heavy (non-hydrogen) atoms. The first-order valence-corrected chi connectivity index (χ1v) is 8.92. The molecule has 0 aromatic heterocycles. The SMILES string of the molecule is CC(=O)N1CC(C)Oc2ccc(S(=O)(=O)NCCN(C)C)cc21. The predicted octanol–water partition coefficient (Wildman–Crippen LogP) is 0.660. The Hall–Kier alpha value is -1.64. The first-order valence-electron chi connectivity index (χ1n) is 7.44. The van der Waals surface area contributed by atoms with Crippen LogP contribution in [0.2, 0.25) is 0 Å². The lowest BCUT2D eigenvalue weighted by molar-refractivity contribution is -0.117. The molecular formula is C15H23N3O4S. The van der Waals surface area contributed by atoms with Crippen molar-refractivity contribution >= 4 is 21.6 Å². The zero-order valence-electron chi connectivity index (χ0n) is 13.9. The van der Waals surface area contributed by atoms with E-state index in [9.17, 15) is 13.2 Å². The van der Waals surface area contributed by atoms with Gasteiger partial charge >= 0.3 is 0 Å². The molecule has 1 aromatic carbocycles. The first-order chi connectivity index (χ1) is 10.7. The monoisotopic (exact) mass is 341 g/mol. The maximum Gasteiger partial charge on any atom is 0.240 e. The molecule has 1 aromatic rings. The van der Waals surface area contributed by atoms with Crippen LogP contribution in [-0.2, 0) is 14.8 Å². The third kappa shape index (κ3) is 4.21. The van der Waals surface area contributed by atoms with Crippen molar-refractivity contribution in [1.82, 2.24) is 9.62 Å². The van der Waals surface area contributed by atoms with Gasteiger partial charge in [-0.1, -0.05) is 0 Å². The zero-order chi connectivity index (χ0) is 17.2. The Morgan fingerprint density at radius 1 is 1.43 bits per heavy atom. The van der Waals surface area contributed by atoms with Crippen LogP contribution in [0.25, 0.3) is 0 Å². The molecule has 0 saturated carbocycles. The molecule has 1 amide bonds. The number of hydrogen-bond donors (Lipinski definition) is 1. The summed E-state index contributed by atoms with van der Waals surface area (Å²) in [6.07, 6.45) is -0.132. The van der Waals surface area contributed by atoms with Crippen molar-refractivity contribution in [1.29, 1.82) is 0 Å². The van der Waals surface area contributed by atoms with Gasteiger partial charge in [0.2, 0.25) is 15.9 Å². The molecule has 0 radical (unpaired) electrons. The van der Waals surface area contributed by atoms with Gasteiger partial charge < -0.3 is 14.5 Å². The second-order valence-corrected chi connectivity index (χ2v) is 7.66. The second kappa shape index (κ2) is 6.86. The molecule has 1 atom stereocenters. The van der Waals surface area contributed by atoms with Crippen LogP contribution in [0.4, 0.5) is 5.69 Å². The molecule has 8 heteroatoms. The van der Waals surface area contributed by atoms with Crippen molar-refractivity contribution in [3.8, 4) is 5.75 Å². The van der Waals surface area contributed by atoms with Crippen molar-refractivity contribution in [3.63, 3.8) is 0 Å². The molecule has 1 heterocycles. The van der Waals surface area contributed by atoms with Gasteiger partial charge in [-0.15, -0.1) is 0 Å². The van der Waals surface area contributed by atoms with Gasteiger partial charge in [0.05, 0.1) is 17.1 Å². The van der Waals surface area contributed by atoms with E-state index in [2.05, 4.69) is 4.72 Å².